The maximum atomic E-state index is 3.52. The second-order valence-electron chi connectivity index (χ2n) is 7.00. The number of hydrogen-bond donors (Lipinski definition) is 1. The van der Waals surface area contributed by atoms with Gasteiger partial charge in [0.1, 0.15) is 0 Å². The molecule has 2 heterocycles. The Bertz CT molecular complexity index is 233. The molecule has 0 spiro atoms. The van der Waals surface area contributed by atoms with Gasteiger partial charge in [0, 0.05) is 31.7 Å². The van der Waals surface area contributed by atoms with Gasteiger partial charge in [0.15, 0.2) is 0 Å². The van der Waals surface area contributed by atoms with E-state index >= 15 is 0 Å². The maximum absolute atomic E-state index is 3.52. The number of piperidine rings is 1. The Morgan fingerprint density at radius 3 is 2.39 bits per heavy atom. The minimum Gasteiger partial charge on any atom is -0.316 e. The van der Waals surface area contributed by atoms with Crippen LogP contribution in [0.1, 0.15) is 40.0 Å². The lowest BCUT2D eigenvalue weighted by Crippen LogP contribution is -2.53. The van der Waals surface area contributed by atoms with Gasteiger partial charge < -0.3 is 10.2 Å². The molecule has 2 rings (SSSR count). The molecule has 2 saturated heterocycles. The zero-order valence-electron chi connectivity index (χ0n) is 12.5. The SMILES string of the molecule is CC(C)(C)N1CCN(CCC2CCCNC2)CC1. The molecule has 18 heavy (non-hydrogen) atoms. The minimum atomic E-state index is 0.347. The molecule has 0 saturated carbocycles. The van der Waals surface area contributed by atoms with Crippen molar-refractivity contribution >= 4 is 0 Å². The Morgan fingerprint density at radius 2 is 1.83 bits per heavy atom. The van der Waals surface area contributed by atoms with Crippen molar-refractivity contribution in [2.45, 2.75) is 45.6 Å². The van der Waals surface area contributed by atoms with Gasteiger partial charge in [-0.1, -0.05) is 0 Å². The normalized spacial score (nSPS) is 28.5. The zero-order chi connectivity index (χ0) is 13.0. The highest BCUT2D eigenvalue weighted by atomic mass is 15.3. The van der Waals surface area contributed by atoms with Crippen molar-refractivity contribution in [3.63, 3.8) is 0 Å². The summed E-state index contributed by atoms with van der Waals surface area (Å²) in [6.07, 6.45) is 4.21. The molecule has 3 nitrogen and oxygen atoms in total. The smallest absolute Gasteiger partial charge is 0.0126 e. The lowest BCUT2D eigenvalue weighted by atomic mass is 9.96. The van der Waals surface area contributed by atoms with Crippen LogP contribution < -0.4 is 5.32 Å². The lowest BCUT2D eigenvalue weighted by Gasteiger charge is -2.42. The average molecular weight is 253 g/mol. The molecule has 0 radical (unpaired) electrons. The molecule has 0 bridgehead atoms. The highest BCUT2D eigenvalue weighted by Crippen LogP contribution is 2.18. The van der Waals surface area contributed by atoms with Crippen LogP contribution >= 0.6 is 0 Å². The van der Waals surface area contributed by atoms with E-state index in [0.717, 1.165) is 5.92 Å². The number of nitrogens with one attached hydrogen (secondary N) is 1. The largest absolute Gasteiger partial charge is 0.316 e. The van der Waals surface area contributed by atoms with Crippen molar-refractivity contribution in [1.29, 1.82) is 0 Å². The fourth-order valence-electron chi connectivity index (χ4n) is 3.18. The zero-order valence-corrected chi connectivity index (χ0v) is 12.5. The maximum Gasteiger partial charge on any atom is 0.0126 e. The highest BCUT2D eigenvalue weighted by molar-refractivity contribution is 4.82. The van der Waals surface area contributed by atoms with Gasteiger partial charge in [-0.05, 0) is 65.6 Å². The molecule has 106 valence electrons. The average Bonchev–Trinajstić information content (AvgIpc) is 2.37. The van der Waals surface area contributed by atoms with Crippen molar-refractivity contribution in [2.24, 2.45) is 5.92 Å². The standard InChI is InChI=1S/C15H31N3/c1-15(2,3)18-11-9-17(10-12-18)8-6-14-5-4-7-16-13-14/h14,16H,4-13H2,1-3H3. The predicted octanol–water partition coefficient (Wildman–Crippen LogP) is 1.79. The van der Waals surface area contributed by atoms with E-state index in [4.69, 9.17) is 0 Å². The summed E-state index contributed by atoms with van der Waals surface area (Å²) in [4.78, 5) is 5.28. The van der Waals surface area contributed by atoms with E-state index in [1.807, 2.05) is 0 Å². The molecular weight excluding hydrogens is 222 g/mol. The molecule has 0 amide bonds. The third-order valence-electron chi connectivity index (χ3n) is 4.57. The molecular formula is C15H31N3. The van der Waals surface area contributed by atoms with Gasteiger partial charge in [0.05, 0.1) is 0 Å². The van der Waals surface area contributed by atoms with E-state index in [2.05, 4.69) is 35.9 Å². The molecule has 1 atom stereocenters. The van der Waals surface area contributed by atoms with E-state index in [0.29, 0.717) is 5.54 Å². The summed E-state index contributed by atoms with van der Waals surface area (Å²) in [5.41, 5.74) is 0.347. The van der Waals surface area contributed by atoms with Gasteiger partial charge in [-0.3, -0.25) is 4.90 Å². The van der Waals surface area contributed by atoms with Crippen LogP contribution in [-0.2, 0) is 0 Å². The van der Waals surface area contributed by atoms with E-state index in [1.165, 1.54) is 65.1 Å². The van der Waals surface area contributed by atoms with Gasteiger partial charge in [-0.25, -0.2) is 0 Å². The van der Waals surface area contributed by atoms with Crippen LogP contribution in [0.4, 0.5) is 0 Å². The van der Waals surface area contributed by atoms with Crippen LogP contribution in [0.25, 0.3) is 0 Å². The molecule has 3 heteroatoms. The second-order valence-corrected chi connectivity index (χ2v) is 7.00. The van der Waals surface area contributed by atoms with E-state index < -0.39 is 0 Å². The van der Waals surface area contributed by atoms with Crippen LogP contribution in [0.15, 0.2) is 0 Å². The quantitative estimate of drug-likeness (QED) is 0.827. The third-order valence-corrected chi connectivity index (χ3v) is 4.57. The summed E-state index contributed by atoms with van der Waals surface area (Å²) in [5.74, 6) is 0.930. The fourth-order valence-corrected chi connectivity index (χ4v) is 3.18. The van der Waals surface area contributed by atoms with Crippen molar-refractivity contribution in [3.8, 4) is 0 Å². The minimum absolute atomic E-state index is 0.347. The molecule has 0 aromatic rings. The first-order chi connectivity index (χ1) is 8.55. The number of piperazine rings is 1. The van der Waals surface area contributed by atoms with E-state index in [9.17, 15) is 0 Å². The first-order valence-corrected chi connectivity index (χ1v) is 7.74. The Morgan fingerprint density at radius 1 is 1.11 bits per heavy atom. The molecule has 2 aliphatic heterocycles. The van der Waals surface area contributed by atoms with Gasteiger partial charge in [0.2, 0.25) is 0 Å². The summed E-state index contributed by atoms with van der Waals surface area (Å²) in [5, 5.41) is 3.52. The van der Waals surface area contributed by atoms with Gasteiger partial charge in [-0.15, -0.1) is 0 Å². The fraction of sp³-hybridized carbons (Fsp3) is 1.00. The molecule has 1 unspecified atom stereocenters. The van der Waals surface area contributed by atoms with E-state index in [1.54, 1.807) is 0 Å². The van der Waals surface area contributed by atoms with E-state index in [-0.39, 0.29) is 0 Å². The number of nitrogens with zero attached hydrogens (tertiary/aromatic N) is 2. The van der Waals surface area contributed by atoms with Gasteiger partial charge >= 0.3 is 0 Å². The summed E-state index contributed by atoms with van der Waals surface area (Å²) in [6, 6.07) is 0. The first-order valence-electron chi connectivity index (χ1n) is 7.74. The van der Waals surface area contributed by atoms with Crippen LogP contribution in [0, 0.1) is 5.92 Å². The molecule has 0 aliphatic carbocycles. The van der Waals surface area contributed by atoms with Crippen LogP contribution in [-0.4, -0.2) is 61.2 Å². The summed E-state index contributed by atoms with van der Waals surface area (Å²) in [6.45, 7) is 15.8. The highest BCUT2D eigenvalue weighted by Gasteiger charge is 2.25. The Hall–Kier alpha value is -0.120. The Labute approximate surface area is 113 Å². The monoisotopic (exact) mass is 253 g/mol. The van der Waals surface area contributed by atoms with Gasteiger partial charge in [-0.2, -0.15) is 0 Å². The van der Waals surface area contributed by atoms with Crippen LogP contribution in [0.2, 0.25) is 0 Å². The summed E-state index contributed by atoms with van der Waals surface area (Å²) < 4.78 is 0. The van der Waals surface area contributed by atoms with Crippen molar-refractivity contribution in [2.75, 3.05) is 45.8 Å². The molecule has 0 aromatic heterocycles. The topological polar surface area (TPSA) is 18.5 Å². The summed E-state index contributed by atoms with van der Waals surface area (Å²) >= 11 is 0. The first kappa shape index (κ1) is 14.3. The number of rotatable bonds is 3. The Kier molecular flexibility index (Phi) is 5.05. The predicted molar refractivity (Wildman–Crippen MR) is 78.0 cm³/mol. The van der Waals surface area contributed by atoms with Crippen LogP contribution in [0.3, 0.4) is 0 Å². The molecule has 2 aliphatic rings. The summed E-state index contributed by atoms with van der Waals surface area (Å²) in [7, 11) is 0. The van der Waals surface area contributed by atoms with Crippen molar-refractivity contribution < 1.29 is 0 Å². The van der Waals surface area contributed by atoms with Crippen molar-refractivity contribution in [1.82, 2.24) is 15.1 Å². The van der Waals surface area contributed by atoms with Gasteiger partial charge in [0.25, 0.3) is 0 Å². The Balaban J connectivity index is 1.64. The lowest BCUT2D eigenvalue weighted by molar-refractivity contribution is 0.0593. The molecule has 0 aromatic carbocycles. The van der Waals surface area contributed by atoms with Crippen LogP contribution in [0.5, 0.6) is 0 Å². The molecule has 2 fully saturated rings. The molecule has 1 N–H and O–H groups in total. The third kappa shape index (κ3) is 4.22. The second kappa shape index (κ2) is 6.36. The number of hydrogen-bond acceptors (Lipinski definition) is 3. The van der Waals surface area contributed by atoms with Crippen molar-refractivity contribution in [3.05, 3.63) is 0 Å².